The first-order valence-electron chi connectivity index (χ1n) is 6.01. The van der Waals surface area contributed by atoms with Crippen LogP contribution in [0.3, 0.4) is 0 Å². The molecule has 0 radical (unpaired) electrons. The Morgan fingerprint density at radius 3 is 3.12 bits per heavy atom. The monoisotopic (exact) mass is 221 g/mol. The zero-order chi connectivity index (χ0) is 11.0. The summed E-state index contributed by atoms with van der Waals surface area (Å²) in [6.45, 7) is 2.66. The number of hydrogen-bond donors (Lipinski definition) is 1. The summed E-state index contributed by atoms with van der Waals surface area (Å²) in [7, 11) is 0. The van der Waals surface area contributed by atoms with Gasteiger partial charge in [-0.3, -0.25) is 0 Å². The number of benzene rings is 1. The maximum atomic E-state index is 13.9. The van der Waals surface area contributed by atoms with E-state index in [4.69, 9.17) is 4.74 Å². The van der Waals surface area contributed by atoms with E-state index in [9.17, 15) is 4.39 Å². The van der Waals surface area contributed by atoms with Crippen molar-refractivity contribution in [2.24, 2.45) is 0 Å². The summed E-state index contributed by atoms with van der Waals surface area (Å²) in [5, 5.41) is 3.34. The molecule has 16 heavy (non-hydrogen) atoms. The summed E-state index contributed by atoms with van der Waals surface area (Å²) in [4.78, 5) is 0. The third-order valence-electron chi connectivity index (χ3n) is 3.58. The Hall–Kier alpha value is -1.09. The lowest BCUT2D eigenvalue weighted by Gasteiger charge is -2.25. The molecule has 3 rings (SSSR count). The number of piperidine rings is 1. The number of hydrogen-bond acceptors (Lipinski definition) is 2. The smallest absolute Gasteiger partial charge is 0.127 e. The highest BCUT2D eigenvalue weighted by molar-refractivity contribution is 5.45. The fourth-order valence-corrected chi connectivity index (χ4v) is 2.81. The molecule has 1 aromatic rings. The molecular formula is C13H16FNO. The van der Waals surface area contributed by atoms with Crippen molar-refractivity contribution in [2.75, 3.05) is 19.7 Å². The van der Waals surface area contributed by atoms with Gasteiger partial charge in [0.05, 0.1) is 6.61 Å². The van der Waals surface area contributed by atoms with E-state index < -0.39 is 0 Å². The summed E-state index contributed by atoms with van der Waals surface area (Å²) >= 11 is 0. The molecule has 2 heterocycles. The van der Waals surface area contributed by atoms with E-state index in [0.717, 1.165) is 49.2 Å². The van der Waals surface area contributed by atoms with Gasteiger partial charge in [0, 0.05) is 18.5 Å². The van der Waals surface area contributed by atoms with Crippen LogP contribution in [-0.2, 0) is 6.42 Å². The molecule has 2 aliphatic rings. The number of nitrogens with one attached hydrogen (secondary N) is 1. The van der Waals surface area contributed by atoms with E-state index in [1.807, 2.05) is 0 Å². The van der Waals surface area contributed by atoms with Gasteiger partial charge in [0.25, 0.3) is 0 Å². The molecule has 2 nitrogen and oxygen atoms in total. The van der Waals surface area contributed by atoms with Gasteiger partial charge in [-0.2, -0.15) is 0 Å². The van der Waals surface area contributed by atoms with Crippen molar-refractivity contribution in [1.82, 2.24) is 5.32 Å². The Morgan fingerprint density at radius 1 is 1.38 bits per heavy atom. The summed E-state index contributed by atoms with van der Waals surface area (Å²) in [5.41, 5.74) is 2.01. The lowest BCUT2D eigenvalue weighted by molar-refractivity contribution is 0.356. The predicted molar refractivity (Wildman–Crippen MR) is 60.4 cm³/mol. The van der Waals surface area contributed by atoms with Crippen molar-refractivity contribution in [2.45, 2.75) is 25.2 Å². The second-order valence-electron chi connectivity index (χ2n) is 4.58. The average Bonchev–Trinajstić information content (AvgIpc) is 2.78. The second kappa shape index (κ2) is 4.06. The quantitative estimate of drug-likeness (QED) is 0.785. The van der Waals surface area contributed by atoms with Crippen LogP contribution in [0.25, 0.3) is 0 Å². The van der Waals surface area contributed by atoms with E-state index in [0.29, 0.717) is 12.5 Å². The highest BCUT2D eigenvalue weighted by Gasteiger charge is 2.26. The van der Waals surface area contributed by atoms with Gasteiger partial charge in [-0.15, -0.1) is 0 Å². The molecule has 0 spiro atoms. The Morgan fingerprint density at radius 2 is 2.31 bits per heavy atom. The first-order valence-corrected chi connectivity index (χ1v) is 6.01. The van der Waals surface area contributed by atoms with Crippen LogP contribution in [0.4, 0.5) is 4.39 Å². The SMILES string of the molecule is Fc1ccc2c(c1C1CCCNC1)CCO2. The van der Waals surface area contributed by atoms with Crippen LogP contribution in [0.1, 0.15) is 29.9 Å². The molecule has 3 heteroatoms. The average molecular weight is 221 g/mol. The topological polar surface area (TPSA) is 21.3 Å². The van der Waals surface area contributed by atoms with E-state index in [1.54, 1.807) is 12.1 Å². The first kappa shape index (κ1) is 10.1. The van der Waals surface area contributed by atoms with Crippen molar-refractivity contribution in [3.8, 4) is 5.75 Å². The standard InChI is InChI=1S/C13H16FNO/c14-11-3-4-12-10(5-7-16-12)13(11)9-2-1-6-15-8-9/h3-4,9,15H,1-2,5-8H2. The normalized spacial score (nSPS) is 23.9. The molecule has 1 atom stereocenters. The van der Waals surface area contributed by atoms with Crippen LogP contribution in [0.2, 0.25) is 0 Å². The van der Waals surface area contributed by atoms with Crippen molar-refractivity contribution in [3.63, 3.8) is 0 Å². The molecule has 0 aromatic heterocycles. The van der Waals surface area contributed by atoms with Crippen LogP contribution in [-0.4, -0.2) is 19.7 Å². The molecule has 0 amide bonds. The molecule has 0 aliphatic carbocycles. The lowest BCUT2D eigenvalue weighted by atomic mass is 9.87. The Labute approximate surface area is 94.8 Å². The fourth-order valence-electron chi connectivity index (χ4n) is 2.81. The van der Waals surface area contributed by atoms with Crippen LogP contribution in [0.5, 0.6) is 5.75 Å². The van der Waals surface area contributed by atoms with E-state index in [1.165, 1.54) is 0 Å². The summed E-state index contributed by atoms with van der Waals surface area (Å²) in [6, 6.07) is 3.31. The predicted octanol–water partition coefficient (Wildman–Crippen LogP) is 2.23. The molecular weight excluding hydrogens is 205 g/mol. The molecule has 1 unspecified atom stereocenters. The second-order valence-corrected chi connectivity index (χ2v) is 4.58. The number of rotatable bonds is 1. The molecule has 2 aliphatic heterocycles. The van der Waals surface area contributed by atoms with Crippen molar-refractivity contribution in [3.05, 3.63) is 29.1 Å². The van der Waals surface area contributed by atoms with Gasteiger partial charge < -0.3 is 10.1 Å². The van der Waals surface area contributed by atoms with Crippen LogP contribution >= 0.6 is 0 Å². The zero-order valence-corrected chi connectivity index (χ0v) is 9.26. The highest BCUT2D eigenvalue weighted by atomic mass is 19.1. The Balaban J connectivity index is 2.01. The number of ether oxygens (including phenoxy) is 1. The molecule has 1 saturated heterocycles. The minimum absolute atomic E-state index is 0.0575. The van der Waals surface area contributed by atoms with Crippen molar-refractivity contribution in [1.29, 1.82) is 0 Å². The third-order valence-corrected chi connectivity index (χ3v) is 3.58. The lowest BCUT2D eigenvalue weighted by Crippen LogP contribution is -2.29. The maximum absolute atomic E-state index is 13.9. The molecule has 1 fully saturated rings. The van der Waals surface area contributed by atoms with Gasteiger partial charge in [0.15, 0.2) is 0 Å². The number of halogens is 1. The number of fused-ring (bicyclic) bond motifs is 1. The fraction of sp³-hybridized carbons (Fsp3) is 0.538. The minimum Gasteiger partial charge on any atom is -0.493 e. The zero-order valence-electron chi connectivity index (χ0n) is 9.26. The van der Waals surface area contributed by atoms with Gasteiger partial charge >= 0.3 is 0 Å². The van der Waals surface area contributed by atoms with E-state index in [-0.39, 0.29) is 5.82 Å². The molecule has 0 saturated carbocycles. The maximum Gasteiger partial charge on any atom is 0.127 e. The van der Waals surface area contributed by atoms with Crippen LogP contribution in [0.15, 0.2) is 12.1 Å². The van der Waals surface area contributed by atoms with Crippen LogP contribution in [0, 0.1) is 5.82 Å². The first-order chi connectivity index (χ1) is 7.86. The largest absolute Gasteiger partial charge is 0.493 e. The highest BCUT2D eigenvalue weighted by Crippen LogP contribution is 2.36. The third kappa shape index (κ3) is 1.59. The summed E-state index contributed by atoms with van der Waals surface area (Å²) in [5.74, 6) is 1.16. The molecule has 0 bridgehead atoms. The summed E-state index contributed by atoms with van der Waals surface area (Å²) in [6.07, 6.45) is 3.08. The summed E-state index contributed by atoms with van der Waals surface area (Å²) < 4.78 is 19.4. The van der Waals surface area contributed by atoms with Gasteiger partial charge in [-0.25, -0.2) is 4.39 Å². The van der Waals surface area contributed by atoms with Crippen LogP contribution < -0.4 is 10.1 Å². The van der Waals surface area contributed by atoms with Gasteiger partial charge in [-0.1, -0.05) is 0 Å². The van der Waals surface area contributed by atoms with Gasteiger partial charge in [-0.05, 0) is 43.0 Å². The Bertz CT molecular complexity index is 399. The Kier molecular flexibility index (Phi) is 2.56. The molecule has 86 valence electrons. The molecule has 1 aromatic carbocycles. The van der Waals surface area contributed by atoms with E-state index in [2.05, 4.69) is 5.32 Å². The van der Waals surface area contributed by atoms with E-state index >= 15 is 0 Å². The minimum atomic E-state index is -0.0575. The van der Waals surface area contributed by atoms with Crippen molar-refractivity contribution < 1.29 is 9.13 Å². The molecule has 1 N–H and O–H groups in total. The van der Waals surface area contributed by atoms with Gasteiger partial charge in [0.1, 0.15) is 11.6 Å². The van der Waals surface area contributed by atoms with Gasteiger partial charge in [0.2, 0.25) is 0 Å². The van der Waals surface area contributed by atoms with Crippen molar-refractivity contribution >= 4 is 0 Å².